The molecule has 0 aliphatic carbocycles. The van der Waals surface area contributed by atoms with Gasteiger partial charge in [-0.3, -0.25) is 38.4 Å². The Labute approximate surface area is 367 Å². The molecule has 0 bridgehead atoms. The number of esters is 8. The van der Waals surface area contributed by atoms with Gasteiger partial charge in [-0.05, 0) is 0 Å². The predicted molar refractivity (Wildman–Crippen MR) is 209 cm³/mol. The Balaban J connectivity index is 1.87. The zero-order chi connectivity index (χ0) is 47.7. The Morgan fingerprint density at radius 2 is 0.750 bits per heavy atom. The number of hydrogen-bond acceptors (Lipinski definition) is 22. The normalized spacial score (nSPS) is 24.6. The molecular weight excluding hydrogens is 856 g/mol. The number of methoxy groups -OCH3 is 2. The highest BCUT2D eigenvalue weighted by molar-refractivity contribution is 5.70. The molecule has 3 rings (SSSR count). The Morgan fingerprint density at radius 3 is 1.03 bits per heavy atom. The second-order valence-corrected chi connectivity index (χ2v) is 13.6. The quantitative estimate of drug-likeness (QED) is 0.125. The number of hydrogen-bond donors (Lipinski definition) is 0. The topological polar surface area (TPSA) is 266 Å². The molecule has 0 N–H and O–H groups in total. The van der Waals surface area contributed by atoms with Crippen LogP contribution in [0.4, 0.5) is 0 Å². The lowest BCUT2D eigenvalue weighted by Gasteiger charge is -2.43. The van der Waals surface area contributed by atoms with Crippen molar-refractivity contribution in [2.24, 2.45) is 0 Å². The summed E-state index contributed by atoms with van der Waals surface area (Å²) in [5.74, 6) is 5.64. The SMILES string of the molecule is COc1cc(C#CCO[C@@H]2O[C@H](COC(C)=O)[C@@H](OC(C)=O)[C@H](OC(C)=O)[C@H]2OC(C)=O)c(OC)cc1C#CCO[C@@H]1O[C@H](COC(C)=O)[C@@H](OC(C)=O)[C@H](OC(C)=O)[C@H]1OC(C)=O. The van der Waals surface area contributed by atoms with Crippen molar-refractivity contribution in [2.75, 3.05) is 40.6 Å². The fourth-order valence-corrected chi connectivity index (χ4v) is 6.25. The van der Waals surface area contributed by atoms with Crippen LogP contribution in [-0.4, -0.2) is 150 Å². The van der Waals surface area contributed by atoms with E-state index in [1.54, 1.807) is 0 Å². The summed E-state index contributed by atoms with van der Waals surface area (Å²) in [6.07, 6.45) is -13.9. The van der Waals surface area contributed by atoms with Crippen molar-refractivity contribution >= 4 is 47.8 Å². The maximum absolute atomic E-state index is 12.1. The van der Waals surface area contributed by atoms with E-state index in [1.165, 1.54) is 26.4 Å². The standard InChI is InChI=1S/C42H50O22/c1-21(43)55-19-33-35(57-23(3)45)37(59-25(5)47)39(61-27(7)49)41(63-33)53-15-11-13-29-17-32(52-10)30(18-31(29)51-9)14-12-16-54-42-40(62-28(8)50)38(60-26(6)48)36(58-24(4)46)34(64-42)20-56-22(2)44/h17-18,33-42H,15-16,19-20H2,1-10H3/t33-,34-,35-,36-,37+,38+,39-,40-,41-,42-/m1/s1. The van der Waals surface area contributed by atoms with Crippen LogP contribution < -0.4 is 9.47 Å². The molecule has 2 aliphatic heterocycles. The summed E-state index contributed by atoms with van der Waals surface area (Å²) >= 11 is 0. The summed E-state index contributed by atoms with van der Waals surface area (Å²) in [5.41, 5.74) is 0.618. The van der Waals surface area contributed by atoms with Gasteiger partial charge in [0.2, 0.25) is 0 Å². The first-order chi connectivity index (χ1) is 30.2. The van der Waals surface area contributed by atoms with Gasteiger partial charge in [0.1, 0.15) is 50.1 Å². The van der Waals surface area contributed by atoms with Gasteiger partial charge in [0.15, 0.2) is 49.2 Å². The van der Waals surface area contributed by atoms with Crippen LogP contribution in [-0.2, 0) is 95.2 Å². The van der Waals surface area contributed by atoms with Crippen molar-refractivity contribution in [1.82, 2.24) is 0 Å². The monoisotopic (exact) mass is 906 g/mol. The maximum Gasteiger partial charge on any atom is 0.303 e. The maximum atomic E-state index is 12.1. The molecular formula is C42H50O22. The molecule has 22 nitrogen and oxygen atoms in total. The minimum absolute atomic E-state index is 0.241. The van der Waals surface area contributed by atoms with Crippen molar-refractivity contribution in [3.63, 3.8) is 0 Å². The Morgan fingerprint density at radius 1 is 0.453 bits per heavy atom. The first kappa shape index (κ1) is 51.9. The van der Waals surface area contributed by atoms with Crippen LogP contribution in [0, 0.1) is 23.7 Å². The predicted octanol–water partition coefficient (Wildman–Crippen LogP) is 0.606. The smallest absolute Gasteiger partial charge is 0.303 e. The average molecular weight is 907 g/mol. The first-order valence-corrected chi connectivity index (χ1v) is 19.3. The molecule has 0 aromatic heterocycles. The third-order valence-corrected chi connectivity index (χ3v) is 8.50. The summed E-state index contributed by atoms with van der Waals surface area (Å²) < 4.78 is 77.1. The molecule has 1 aromatic carbocycles. The molecule has 1 aromatic rings. The van der Waals surface area contributed by atoms with Gasteiger partial charge >= 0.3 is 47.8 Å². The van der Waals surface area contributed by atoms with E-state index in [4.69, 9.17) is 66.3 Å². The Bertz CT molecular complexity index is 1860. The molecule has 2 heterocycles. The lowest BCUT2D eigenvalue weighted by atomic mass is 9.98. The number of rotatable bonds is 16. The molecule has 0 radical (unpaired) electrons. The van der Waals surface area contributed by atoms with Gasteiger partial charge in [-0.2, -0.15) is 0 Å². The minimum Gasteiger partial charge on any atom is -0.495 e. The summed E-state index contributed by atoms with van der Waals surface area (Å²) in [6.45, 7) is 7.20. The number of benzene rings is 1. The van der Waals surface area contributed by atoms with Crippen molar-refractivity contribution in [1.29, 1.82) is 0 Å². The van der Waals surface area contributed by atoms with Crippen LogP contribution in [0.1, 0.15) is 66.5 Å². The van der Waals surface area contributed by atoms with Gasteiger partial charge in [0.05, 0.1) is 25.3 Å². The highest BCUT2D eigenvalue weighted by Crippen LogP contribution is 2.32. The van der Waals surface area contributed by atoms with E-state index in [-0.39, 0.29) is 24.7 Å². The van der Waals surface area contributed by atoms with E-state index in [2.05, 4.69) is 23.7 Å². The summed E-state index contributed by atoms with van der Waals surface area (Å²) in [7, 11) is 2.76. The van der Waals surface area contributed by atoms with Crippen LogP contribution >= 0.6 is 0 Å². The average Bonchev–Trinajstić information content (AvgIpc) is 3.19. The van der Waals surface area contributed by atoms with Crippen LogP contribution in [0.2, 0.25) is 0 Å². The van der Waals surface area contributed by atoms with Gasteiger partial charge in [-0.15, -0.1) is 0 Å². The highest BCUT2D eigenvalue weighted by atomic mass is 16.7. The van der Waals surface area contributed by atoms with E-state index in [0.29, 0.717) is 11.1 Å². The first-order valence-electron chi connectivity index (χ1n) is 19.3. The van der Waals surface area contributed by atoms with E-state index < -0.39 is 122 Å². The summed E-state index contributed by atoms with van der Waals surface area (Å²) in [5, 5.41) is 0. The van der Waals surface area contributed by atoms with Gasteiger partial charge < -0.3 is 66.3 Å². The fourth-order valence-electron chi connectivity index (χ4n) is 6.25. The van der Waals surface area contributed by atoms with E-state index in [0.717, 1.165) is 55.4 Å². The zero-order valence-corrected chi connectivity index (χ0v) is 36.7. The van der Waals surface area contributed by atoms with Gasteiger partial charge in [0.25, 0.3) is 0 Å². The second kappa shape index (κ2) is 25.0. The van der Waals surface area contributed by atoms with Crippen molar-refractivity contribution in [2.45, 2.75) is 117 Å². The van der Waals surface area contributed by atoms with Crippen LogP contribution in [0.5, 0.6) is 11.5 Å². The molecule has 0 spiro atoms. The molecule has 2 fully saturated rings. The van der Waals surface area contributed by atoms with Crippen LogP contribution in [0.15, 0.2) is 12.1 Å². The third-order valence-electron chi connectivity index (χ3n) is 8.50. The zero-order valence-electron chi connectivity index (χ0n) is 36.7. The molecule has 64 heavy (non-hydrogen) atoms. The van der Waals surface area contributed by atoms with Crippen LogP contribution in [0.3, 0.4) is 0 Å². The third kappa shape index (κ3) is 16.0. The number of carbonyl (C=O) groups excluding carboxylic acids is 8. The molecule has 10 atom stereocenters. The molecule has 350 valence electrons. The number of ether oxygens (including phenoxy) is 14. The van der Waals surface area contributed by atoms with Crippen LogP contribution in [0.25, 0.3) is 0 Å². The largest absolute Gasteiger partial charge is 0.495 e. The lowest BCUT2D eigenvalue weighted by Crippen LogP contribution is -2.63. The lowest BCUT2D eigenvalue weighted by molar-refractivity contribution is -0.305. The van der Waals surface area contributed by atoms with Gasteiger partial charge in [0, 0.05) is 67.5 Å². The van der Waals surface area contributed by atoms with Gasteiger partial charge in [-0.1, -0.05) is 23.7 Å². The summed E-state index contributed by atoms with van der Waals surface area (Å²) in [4.78, 5) is 95.8. The van der Waals surface area contributed by atoms with Crippen molar-refractivity contribution in [3.8, 4) is 35.2 Å². The molecule has 2 saturated heterocycles. The van der Waals surface area contributed by atoms with E-state index in [9.17, 15) is 38.4 Å². The molecule has 0 saturated carbocycles. The van der Waals surface area contributed by atoms with E-state index >= 15 is 0 Å². The molecule has 0 unspecified atom stereocenters. The van der Waals surface area contributed by atoms with Gasteiger partial charge in [-0.25, -0.2) is 0 Å². The Kier molecular flexibility index (Phi) is 20.3. The van der Waals surface area contributed by atoms with Crippen molar-refractivity contribution in [3.05, 3.63) is 23.3 Å². The minimum atomic E-state index is -1.46. The van der Waals surface area contributed by atoms with E-state index in [1.807, 2.05) is 0 Å². The Hall–Kier alpha value is -6.46. The molecule has 2 aliphatic rings. The fraction of sp³-hybridized carbons (Fsp3) is 0.571. The highest BCUT2D eigenvalue weighted by Gasteiger charge is 2.54. The molecule has 22 heteroatoms. The molecule has 0 amide bonds. The van der Waals surface area contributed by atoms with Crippen molar-refractivity contribution < 1.29 is 105 Å². The number of carbonyl (C=O) groups is 8. The second-order valence-electron chi connectivity index (χ2n) is 13.6. The summed E-state index contributed by atoms with van der Waals surface area (Å²) in [6, 6.07) is 3.04.